The number of ether oxygens (including phenoxy) is 1. The van der Waals surface area contributed by atoms with Crippen LogP contribution in [0.5, 0.6) is 5.75 Å². The summed E-state index contributed by atoms with van der Waals surface area (Å²) >= 11 is 0. The van der Waals surface area contributed by atoms with Gasteiger partial charge in [0.05, 0.1) is 12.5 Å². The molecule has 4 rings (SSSR count). The molecule has 0 saturated heterocycles. The number of carbonyl (C=O) groups is 1. The van der Waals surface area contributed by atoms with Gasteiger partial charge in [-0.15, -0.1) is 0 Å². The monoisotopic (exact) mass is 389 g/mol. The van der Waals surface area contributed by atoms with Crippen molar-refractivity contribution >= 4 is 45.3 Å². The zero-order valence-corrected chi connectivity index (χ0v) is 16.8. The van der Waals surface area contributed by atoms with Crippen molar-refractivity contribution < 1.29 is 9.53 Å². The summed E-state index contributed by atoms with van der Waals surface area (Å²) in [6.07, 6.45) is 0. The molecule has 0 spiro atoms. The third-order valence-corrected chi connectivity index (χ3v) is 4.62. The van der Waals surface area contributed by atoms with Gasteiger partial charge in [-0.3, -0.25) is 10.1 Å². The Morgan fingerprint density at radius 3 is 2.45 bits per heavy atom. The highest BCUT2D eigenvalue weighted by atomic mass is 16.5. The number of anilines is 3. The zero-order valence-electron chi connectivity index (χ0n) is 16.8. The summed E-state index contributed by atoms with van der Waals surface area (Å²) in [5.74, 6) is 1.48. The van der Waals surface area contributed by atoms with Crippen LogP contribution in [0.1, 0.15) is 20.8 Å². The highest BCUT2D eigenvalue weighted by molar-refractivity contribution is 6.12. The Kier molecular flexibility index (Phi) is 4.58. The van der Waals surface area contributed by atoms with Crippen LogP contribution in [0.15, 0.2) is 48.5 Å². The molecule has 7 nitrogen and oxygen atoms in total. The number of carbonyl (C=O) groups excluding carboxylic acids is 1. The highest BCUT2D eigenvalue weighted by Gasteiger charge is 2.23. The lowest BCUT2D eigenvalue weighted by molar-refractivity contribution is -0.123. The van der Waals surface area contributed by atoms with Crippen LogP contribution in [-0.4, -0.2) is 28.0 Å². The average molecular weight is 389 g/mol. The Morgan fingerprint density at radius 2 is 1.76 bits per heavy atom. The van der Waals surface area contributed by atoms with Crippen molar-refractivity contribution in [3.05, 3.63) is 48.5 Å². The first-order valence-corrected chi connectivity index (χ1v) is 9.36. The second kappa shape index (κ2) is 7.09. The van der Waals surface area contributed by atoms with Crippen molar-refractivity contribution in [2.24, 2.45) is 5.41 Å². The van der Waals surface area contributed by atoms with Gasteiger partial charge in [-0.25, -0.2) is 0 Å². The van der Waals surface area contributed by atoms with Crippen LogP contribution in [0.2, 0.25) is 0 Å². The fraction of sp³-hybridized carbons (Fsp3) is 0.227. The van der Waals surface area contributed by atoms with Crippen molar-refractivity contribution in [3.63, 3.8) is 0 Å². The molecule has 7 heteroatoms. The van der Waals surface area contributed by atoms with Gasteiger partial charge in [-0.2, -0.15) is 9.97 Å². The summed E-state index contributed by atoms with van der Waals surface area (Å²) in [7, 11) is 1.63. The zero-order chi connectivity index (χ0) is 20.6. The van der Waals surface area contributed by atoms with Gasteiger partial charge in [0, 0.05) is 22.0 Å². The highest BCUT2D eigenvalue weighted by Crippen LogP contribution is 2.32. The maximum absolute atomic E-state index is 12.4. The first-order chi connectivity index (χ1) is 13.8. The summed E-state index contributed by atoms with van der Waals surface area (Å²) in [6.45, 7) is 5.54. The van der Waals surface area contributed by atoms with Crippen LogP contribution in [0, 0.1) is 5.41 Å². The van der Waals surface area contributed by atoms with Gasteiger partial charge in [-0.1, -0.05) is 39.0 Å². The van der Waals surface area contributed by atoms with E-state index in [-0.39, 0.29) is 11.9 Å². The minimum Gasteiger partial charge on any atom is -0.497 e. The normalized spacial score (nSPS) is 11.6. The first-order valence-electron chi connectivity index (χ1n) is 9.36. The molecule has 3 N–H and O–H groups in total. The first kappa shape index (κ1) is 18.7. The van der Waals surface area contributed by atoms with Crippen LogP contribution < -0.4 is 15.4 Å². The fourth-order valence-electron chi connectivity index (χ4n) is 2.99. The van der Waals surface area contributed by atoms with Gasteiger partial charge < -0.3 is 15.0 Å². The number of rotatable bonds is 4. The van der Waals surface area contributed by atoms with Crippen molar-refractivity contribution in [2.45, 2.75) is 20.8 Å². The largest absolute Gasteiger partial charge is 0.497 e. The molecule has 0 saturated carbocycles. The predicted octanol–water partition coefficient (Wildman–Crippen LogP) is 4.85. The van der Waals surface area contributed by atoms with E-state index in [4.69, 9.17) is 4.74 Å². The van der Waals surface area contributed by atoms with E-state index in [2.05, 4.69) is 25.6 Å². The number of nitrogens with one attached hydrogen (secondary N) is 3. The van der Waals surface area contributed by atoms with Crippen molar-refractivity contribution in [1.82, 2.24) is 15.0 Å². The number of benzene rings is 2. The number of aromatic nitrogens is 3. The van der Waals surface area contributed by atoms with E-state index in [9.17, 15) is 4.79 Å². The molecule has 0 unspecified atom stereocenters. The quantitative estimate of drug-likeness (QED) is 0.464. The molecule has 29 heavy (non-hydrogen) atoms. The smallest absolute Gasteiger partial charge is 0.233 e. The van der Waals surface area contributed by atoms with Crippen molar-refractivity contribution in [1.29, 1.82) is 0 Å². The molecule has 0 radical (unpaired) electrons. The van der Waals surface area contributed by atoms with Gasteiger partial charge >= 0.3 is 0 Å². The minimum absolute atomic E-state index is 0.150. The van der Waals surface area contributed by atoms with Crippen LogP contribution in [0.4, 0.5) is 17.5 Å². The SMILES string of the molecule is COc1ccc(Nc2nc(NC(=O)C(C)(C)C)nc3[nH]c4ccccc4c23)cc1. The lowest BCUT2D eigenvalue weighted by atomic mass is 9.96. The molecule has 2 aromatic carbocycles. The Balaban J connectivity index is 1.83. The van der Waals surface area contributed by atoms with E-state index in [0.717, 1.165) is 27.7 Å². The lowest BCUT2D eigenvalue weighted by Gasteiger charge is -2.17. The number of H-pyrrole nitrogens is 1. The molecule has 0 aliphatic carbocycles. The number of methoxy groups -OCH3 is 1. The van der Waals surface area contributed by atoms with E-state index < -0.39 is 5.41 Å². The lowest BCUT2D eigenvalue weighted by Crippen LogP contribution is -2.28. The Bertz CT molecular complexity index is 1190. The number of fused-ring (bicyclic) bond motifs is 3. The molecule has 0 atom stereocenters. The summed E-state index contributed by atoms with van der Waals surface area (Å²) in [5.41, 5.74) is 1.90. The minimum atomic E-state index is -0.553. The van der Waals surface area contributed by atoms with Gasteiger partial charge in [0.15, 0.2) is 0 Å². The van der Waals surface area contributed by atoms with Gasteiger partial charge in [-0.05, 0) is 30.3 Å². The van der Waals surface area contributed by atoms with Crippen molar-refractivity contribution in [2.75, 3.05) is 17.7 Å². The Labute approximate surface area is 168 Å². The molecule has 0 bridgehead atoms. The molecule has 148 valence electrons. The predicted molar refractivity (Wildman–Crippen MR) is 116 cm³/mol. The standard InChI is InChI=1S/C22H23N5O2/c1-22(2,3)20(28)27-21-25-18(23-13-9-11-14(29-4)12-10-13)17-15-7-5-6-8-16(15)24-19(17)26-21/h5-12H,1-4H3,(H3,23,24,25,26,27,28). The number of nitrogens with zero attached hydrogens (tertiary/aromatic N) is 2. The third-order valence-electron chi connectivity index (χ3n) is 4.62. The second-order valence-corrected chi connectivity index (χ2v) is 7.85. The van der Waals surface area contributed by atoms with Gasteiger partial charge in [0.1, 0.15) is 17.2 Å². The number of hydrogen-bond donors (Lipinski definition) is 3. The molecule has 0 aliphatic heterocycles. The number of para-hydroxylation sites is 1. The van der Waals surface area contributed by atoms with E-state index in [1.54, 1.807) is 7.11 Å². The van der Waals surface area contributed by atoms with E-state index in [1.165, 1.54) is 0 Å². The van der Waals surface area contributed by atoms with Crippen LogP contribution in [0.3, 0.4) is 0 Å². The maximum Gasteiger partial charge on any atom is 0.233 e. The van der Waals surface area contributed by atoms with Crippen LogP contribution in [-0.2, 0) is 4.79 Å². The summed E-state index contributed by atoms with van der Waals surface area (Å²) in [5, 5.41) is 8.05. The molecule has 4 aromatic rings. The van der Waals surface area contributed by atoms with Gasteiger partial charge in [0.25, 0.3) is 0 Å². The van der Waals surface area contributed by atoms with Crippen LogP contribution in [0.25, 0.3) is 21.9 Å². The molecule has 0 fully saturated rings. The average Bonchev–Trinajstić information content (AvgIpc) is 3.06. The topological polar surface area (TPSA) is 91.9 Å². The van der Waals surface area contributed by atoms with E-state index in [0.29, 0.717) is 11.5 Å². The Morgan fingerprint density at radius 1 is 1.03 bits per heavy atom. The number of amides is 1. The summed E-state index contributed by atoms with van der Waals surface area (Å²) in [6, 6.07) is 15.5. The van der Waals surface area contributed by atoms with E-state index in [1.807, 2.05) is 69.3 Å². The molecule has 2 heterocycles. The van der Waals surface area contributed by atoms with E-state index >= 15 is 0 Å². The second-order valence-electron chi connectivity index (χ2n) is 7.85. The van der Waals surface area contributed by atoms with Crippen molar-refractivity contribution in [3.8, 4) is 5.75 Å². The molecule has 2 aromatic heterocycles. The Hall–Kier alpha value is -3.61. The number of aromatic amines is 1. The molecular weight excluding hydrogens is 366 g/mol. The third kappa shape index (κ3) is 3.71. The summed E-state index contributed by atoms with van der Waals surface area (Å²) in [4.78, 5) is 24.9. The molecular formula is C22H23N5O2. The molecule has 0 aliphatic rings. The fourth-order valence-corrected chi connectivity index (χ4v) is 2.99. The number of hydrogen-bond acceptors (Lipinski definition) is 5. The van der Waals surface area contributed by atoms with Crippen LogP contribution >= 0.6 is 0 Å². The maximum atomic E-state index is 12.4. The van der Waals surface area contributed by atoms with Gasteiger partial charge in [0.2, 0.25) is 11.9 Å². The summed E-state index contributed by atoms with van der Waals surface area (Å²) < 4.78 is 5.22. The molecule has 1 amide bonds.